The van der Waals surface area contributed by atoms with E-state index in [9.17, 15) is 4.79 Å². The minimum absolute atomic E-state index is 0.279. The molecule has 1 atom stereocenters. The molecule has 1 N–H and O–H groups in total. The molecule has 0 saturated carbocycles. The molecule has 108 valence electrons. The number of carboxylic acid groups (broad SMARTS) is 1. The lowest BCUT2D eigenvalue weighted by Gasteiger charge is -2.08. The highest BCUT2D eigenvalue weighted by Crippen LogP contribution is 2.22. The van der Waals surface area contributed by atoms with Crippen molar-refractivity contribution >= 4 is 16.7 Å². The summed E-state index contributed by atoms with van der Waals surface area (Å²) in [5.41, 5.74) is 9.36. The van der Waals surface area contributed by atoms with Gasteiger partial charge in [0.25, 0.3) is 0 Å². The molecule has 0 radical (unpaired) electrons. The number of methoxy groups -OCH3 is 1. The first kappa shape index (κ1) is 14.7. The van der Waals surface area contributed by atoms with Gasteiger partial charge in [-0.05, 0) is 46.8 Å². The van der Waals surface area contributed by atoms with Crippen LogP contribution >= 0.6 is 0 Å². The van der Waals surface area contributed by atoms with Crippen molar-refractivity contribution in [2.24, 2.45) is 5.11 Å². The Morgan fingerprint density at radius 2 is 2.05 bits per heavy atom. The first-order valence-electron chi connectivity index (χ1n) is 6.47. The maximum atomic E-state index is 10.9. The zero-order valence-electron chi connectivity index (χ0n) is 11.6. The molecule has 0 saturated heterocycles. The average molecular weight is 285 g/mol. The topological polar surface area (TPSA) is 95.3 Å². The van der Waals surface area contributed by atoms with Crippen LogP contribution in [0.4, 0.5) is 0 Å². The standard InChI is InChI=1S/C15H15N3O3/c1-21-13-6-5-11-8-10(2-4-12(11)9-13)3-7-14(15(19)20)17-18-16/h2,4-6,8-9,14H,3,7H2,1H3,(H,19,20)/t14-/m0/s1. The van der Waals surface area contributed by atoms with Crippen molar-refractivity contribution < 1.29 is 14.6 Å². The molecular weight excluding hydrogens is 270 g/mol. The first-order chi connectivity index (χ1) is 10.1. The van der Waals surface area contributed by atoms with Crippen LogP contribution < -0.4 is 4.74 Å². The van der Waals surface area contributed by atoms with Crippen molar-refractivity contribution in [3.63, 3.8) is 0 Å². The Balaban J connectivity index is 2.16. The second-order valence-corrected chi connectivity index (χ2v) is 4.65. The number of hydrogen-bond acceptors (Lipinski definition) is 3. The van der Waals surface area contributed by atoms with Gasteiger partial charge in [0.05, 0.1) is 7.11 Å². The van der Waals surface area contributed by atoms with Gasteiger partial charge in [-0.3, -0.25) is 4.79 Å². The fraction of sp³-hybridized carbons (Fsp3) is 0.267. The van der Waals surface area contributed by atoms with E-state index in [0.717, 1.165) is 22.1 Å². The summed E-state index contributed by atoms with van der Waals surface area (Å²) in [5, 5.41) is 14.3. The molecule has 6 nitrogen and oxygen atoms in total. The Morgan fingerprint density at radius 1 is 1.33 bits per heavy atom. The van der Waals surface area contributed by atoms with Crippen LogP contribution in [0.3, 0.4) is 0 Å². The number of benzene rings is 2. The zero-order valence-corrected chi connectivity index (χ0v) is 11.6. The molecule has 0 unspecified atom stereocenters. The monoisotopic (exact) mass is 285 g/mol. The number of nitrogens with zero attached hydrogens (tertiary/aromatic N) is 3. The van der Waals surface area contributed by atoms with E-state index in [1.807, 2.05) is 36.4 Å². The highest BCUT2D eigenvalue weighted by atomic mass is 16.5. The molecule has 0 spiro atoms. The molecule has 2 aromatic carbocycles. The summed E-state index contributed by atoms with van der Waals surface area (Å²) in [7, 11) is 1.62. The van der Waals surface area contributed by atoms with Gasteiger partial charge in [0.15, 0.2) is 0 Å². The van der Waals surface area contributed by atoms with Gasteiger partial charge in [-0.25, -0.2) is 0 Å². The molecule has 0 aromatic heterocycles. The molecule has 2 rings (SSSR count). The highest BCUT2D eigenvalue weighted by molar-refractivity contribution is 5.84. The van der Waals surface area contributed by atoms with Gasteiger partial charge in [0.1, 0.15) is 11.8 Å². The van der Waals surface area contributed by atoms with Crippen molar-refractivity contribution in [3.8, 4) is 5.75 Å². The van der Waals surface area contributed by atoms with Gasteiger partial charge in [0, 0.05) is 4.91 Å². The molecular formula is C15H15N3O3. The molecule has 0 amide bonds. The summed E-state index contributed by atoms with van der Waals surface area (Å²) >= 11 is 0. The Kier molecular flexibility index (Phi) is 4.64. The van der Waals surface area contributed by atoms with Crippen molar-refractivity contribution in [1.82, 2.24) is 0 Å². The number of azide groups is 1. The highest BCUT2D eigenvalue weighted by Gasteiger charge is 2.15. The zero-order chi connectivity index (χ0) is 15.2. The average Bonchev–Trinajstić information content (AvgIpc) is 2.50. The first-order valence-corrected chi connectivity index (χ1v) is 6.47. The largest absolute Gasteiger partial charge is 0.497 e. The molecule has 0 bridgehead atoms. The van der Waals surface area contributed by atoms with Crippen LogP contribution in [0.25, 0.3) is 21.2 Å². The lowest BCUT2D eigenvalue weighted by atomic mass is 10.0. The van der Waals surface area contributed by atoms with Gasteiger partial charge in [-0.15, -0.1) is 0 Å². The quantitative estimate of drug-likeness (QED) is 0.499. The number of aryl methyl sites for hydroxylation is 1. The maximum Gasteiger partial charge on any atom is 0.312 e. The summed E-state index contributed by atoms with van der Waals surface area (Å²) in [6.45, 7) is 0. The number of aliphatic carboxylic acids is 1. The van der Waals surface area contributed by atoms with Gasteiger partial charge < -0.3 is 9.84 Å². The normalized spacial score (nSPS) is 11.7. The van der Waals surface area contributed by atoms with Crippen LogP contribution in [-0.4, -0.2) is 24.2 Å². The molecule has 21 heavy (non-hydrogen) atoms. The van der Waals surface area contributed by atoms with Gasteiger partial charge in [0.2, 0.25) is 0 Å². The predicted molar refractivity (Wildman–Crippen MR) is 79.4 cm³/mol. The fourth-order valence-corrected chi connectivity index (χ4v) is 2.15. The van der Waals surface area contributed by atoms with Gasteiger partial charge in [-0.1, -0.05) is 29.4 Å². The number of carboxylic acids is 1. The lowest BCUT2D eigenvalue weighted by molar-refractivity contribution is -0.138. The Bertz CT molecular complexity index is 706. The number of rotatable bonds is 6. The van der Waals surface area contributed by atoms with Crippen LogP contribution in [0.1, 0.15) is 12.0 Å². The third-order valence-electron chi connectivity index (χ3n) is 3.29. The third-order valence-corrected chi connectivity index (χ3v) is 3.29. The Hall–Kier alpha value is -2.72. The summed E-state index contributed by atoms with van der Waals surface area (Å²) in [6.07, 6.45) is 0.818. The summed E-state index contributed by atoms with van der Waals surface area (Å²) < 4.78 is 5.17. The number of carbonyl (C=O) groups is 1. The smallest absolute Gasteiger partial charge is 0.312 e. The summed E-state index contributed by atoms with van der Waals surface area (Å²) in [6, 6.07) is 10.7. The molecule has 0 aliphatic carbocycles. The van der Waals surface area contributed by atoms with Crippen LogP contribution in [-0.2, 0) is 11.2 Å². The van der Waals surface area contributed by atoms with E-state index < -0.39 is 12.0 Å². The van der Waals surface area contributed by atoms with E-state index in [-0.39, 0.29) is 6.42 Å². The second kappa shape index (κ2) is 6.63. The predicted octanol–water partition coefficient (Wildman–Crippen LogP) is 3.54. The molecule has 0 aliphatic rings. The van der Waals surface area contributed by atoms with E-state index in [2.05, 4.69) is 10.0 Å². The summed E-state index contributed by atoms with van der Waals surface area (Å²) in [5.74, 6) is -0.303. The van der Waals surface area contributed by atoms with Crippen LogP contribution in [0.2, 0.25) is 0 Å². The number of hydrogen-bond donors (Lipinski definition) is 1. The molecule has 2 aromatic rings. The minimum Gasteiger partial charge on any atom is -0.497 e. The molecule has 0 aliphatic heterocycles. The minimum atomic E-state index is -1.10. The van der Waals surface area contributed by atoms with Crippen molar-refractivity contribution in [2.75, 3.05) is 7.11 Å². The summed E-state index contributed by atoms with van der Waals surface area (Å²) in [4.78, 5) is 13.5. The van der Waals surface area contributed by atoms with Crippen molar-refractivity contribution in [1.29, 1.82) is 0 Å². The lowest BCUT2D eigenvalue weighted by Crippen LogP contribution is -2.17. The fourth-order valence-electron chi connectivity index (χ4n) is 2.15. The SMILES string of the molecule is COc1ccc2cc(CC[C@H](N=[N+]=[N-])C(=O)O)ccc2c1. The molecule has 0 fully saturated rings. The van der Waals surface area contributed by atoms with Crippen LogP contribution in [0, 0.1) is 0 Å². The van der Waals surface area contributed by atoms with E-state index in [0.29, 0.717) is 6.42 Å². The maximum absolute atomic E-state index is 10.9. The third kappa shape index (κ3) is 3.64. The number of ether oxygens (including phenoxy) is 1. The van der Waals surface area contributed by atoms with E-state index >= 15 is 0 Å². The van der Waals surface area contributed by atoms with Gasteiger partial charge >= 0.3 is 5.97 Å². The Labute approximate surface area is 121 Å². The van der Waals surface area contributed by atoms with Crippen molar-refractivity contribution in [3.05, 3.63) is 52.4 Å². The van der Waals surface area contributed by atoms with Gasteiger partial charge in [-0.2, -0.15) is 0 Å². The van der Waals surface area contributed by atoms with E-state index in [1.54, 1.807) is 7.11 Å². The van der Waals surface area contributed by atoms with E-state index in [1.165, 1.54) is 0 Å². The molecule has 6 heteroatoms. The van der Waals surface area contributed by atoms with Crippen LogP contribution in [0.15, 0.2) is 41.5 Å². The van der Waals surface area contributed by atoms with Crippen molar-refractivity contribution in [2.45, 2.75) is 18.9 Å². The number of fused-ring (bicyclic) bond motifs is 1. The molecule has 0 heterocycles. The Morgan fingerprint density at radius 3 is 2.71 bits per heavy atom. The van der Waals surface area contributed by atoms with Crippen LogP contribution in [0.5, 0.6) is 5.75 Å². The van der Waals surface area contributed by atoms with E-state index in [4.69, 9.17) is 15.4 Å². The second-order valence-electron chi connectivity index (χ2n) is 4.65.